The van der Waals surface area contributed by atoms with E-state index in [1.165, 1.54) is 4.31 Å². The molecule has 80 valence electrons. The summed E-state index contributed by atoms with van der Waals surface area (Å²) in [6.45, 7) is 3.93. The predicted octanol–water partition coefficient (Wildman–Crippen LogP) is 1.56. The number of hydrogen-bond acceptors (Lipinski definition) is 2. The molecule has 0 radical (unpaired) electrons. The van der Waals surface area contributed by atoms with E-state index < -0.39 is 10.0 Å². The van der Waals surface area contributed by atoms with Crippen molar-refractivity contribution in [2.45, 2.75) is 6.42 Å². The number of anilines is 1. The summed E-state index contributed by atoms with van der Waals surface area (Å²) in [6.07, 6.45) is 2.21. The second-order valence-electron chi connectivity index (χ2n) is 3.51. The first-order chi connectivity index (χ1) is 7.15. The standard InChI is InChI=1S/C11H13NO2S/c1-2-8-12-11-6-4-3-5-10(11)7-9-15(12,13)14/h2-6H,1,7-9H2. The lowest BCUT2D eigenvalue weighted by Crippen LogP contribution is -2.37. The van der Waals surface area contributed by atoms with Crippen LogP contribution in [0, 0.1) is 0 Å². The molecule has 1 aromatic carbocycles. The maximum atomic E-state index is 11.8. The van der Waals surface area contributed by atoms with Gasteiger partial charge in [-0.2, -0.15) is 0 Å². The van der Waals surface area contributed by atoms with Gasteiger partial charge in [-0.05, 0) is 18.1 Å². The van der Waals surface area contributed by atoms with Gasteiger partial charge >= 0.3 is 0 Å². The highest BCUT2D eigenvalue weighted by Gasteiger charge is 2.27. The number of para-hydroxylation sites is 1. The van der Waals surface area contributed by atoms with Gasteiger partial charge in [0.1, 0.15) is 0 Å². The van der Waals surface area contributed by atoms with Crippen molar-refractivity contribution in [2.75, 3.05) is 16.6 Å². The third-order valence-corrected chi connectivity index (χ3v) is 4.26. The van der Waals surface area contributed by atoms with Gasteiger partial charge in [-0.3, -0.25) is 4.31 Å². The highest BCUT2D eigenvalue weighted by Crippen LogP contribution is 2.28. The average Bonchev–Trinajstić information content (AvgIpc) is 2.23. The summed E-state index contributed by atoms with van der Waals surface area (Å²) in [7, 11) is -3.14. The minimum atomic E-state index is -3.14. The normalized spacial score (nSPS) is 18.3. The molecule has 2 rings (SSSR count). The second-order valence-corrected chi connectivity index (χ2v) is 5.53. The van der Waals surface area contributed by atoms with Gasteiger partial charge < -0.3 is 0 Å². The van der Waals surface area contributed by atoms with Crippen molar-refractivity contribution in [1.82, 2.24) is 0 Å². The molecular formula is C11H13NO2S. The zero-order chi connectivity index (χ0) is 10.9. The van der Waals surface area contributed by atoms with Crippen LogP contribution in [0.15, 0.2) is 36.9 Å². The molecule has 0 bridgehead atoms. The second kappa shape index (κ2) is 3.70. The van der Waals surface area contributed by atoms with Gasteiger partial charge in [-0.25, -0.2) is 8.42 Å². The van der Waals surface area contributed by atoms with Gasteiger partial charge in [0.05, 0.1) is 18.0 Å². The summed E-state index contributed by atoms with van der Waals surface area (Å²) < 4.78 is 25.1. The molecule has 1 aliphatic heterocycles. The Labute approximate surface area is 90.1 Å². The summed E-state index contributed by atoms with van der Waals surface area (Å²) in [6, 6.07) is 7.61. The molecule has 0 saturated carbocycles. The van der Waals surface area contributed by atoms with Crippen molar-refractivity contribution in [1.29, 1.82) is 0 Å². The van der Waals surface area contributed by atoms with Crippen LogP contribution in [0.2, 0.25) is 0 Å². The Morgan fingerprint density at radius 2 is 2.13 bits per heavy atom. The van der Waals surface area contributed by atoms with E-state index in [0.717, 1.165) is 11.3 Å². The van der Waals surface area contributed by atoms with E-state index in [1.807, 2.05) is 24.3 Å². The van der Waals surface area contributed by atoms with Gasteiger partial charge in [-0.1, -0.05) is 24.3 Å². The van der Waals surface area contributed by atoms with Crippen molar-refractivity contribution >= 4 is 15.7 Å². The lowest BCUT2D eigenvalue weighted by molar-refractivity contribution is 0.589. The van der Waals surface area contributed by atoms with Crippen molar-refractivity contribution in [3.05, 3.63) is 42.5 Å². The zero-order valence-corrected chi connectivity index (χ0v) is 9.20. The molecular weight excluding hydrogens is 210 g/mol. The van der Waals surface area contributed by atoms with Gasteiger partial charge in [0.15, 0.2) is 0 Å². The third kappa shape index (κ3) is 1.77. The van der Waals surface area contributed by atoms with Gasteiger partial charge in [0.2, 0.25) is 10.0 Å². The van der Waals surface area contributed by atoms with E-state index in [0.29, 0.717) is 13.0 Å². The number of aryl methyl sites for hydroxylation is 1. The molecule has 1 aromatic rings. The van der Waals surface area contributed by atoms with Crippen LogP contribution in [0.1, 0.15) is 5.56 Å². The van der Waals surface area contributed by atoms with E-state index in [4.69, 9.17) is 0 Å². The Bertz CT molecular complexity index is 479. The number of fused-ring (bicyclic) bond motifs is 1. The summed E-state index contributed by atoms with van der Waals surface area (Å²) in [5, 5.41) is 0. The first-order valence-corrected chi connectivity index (χ1v) is 6.45. The summed E-state index contributed by atoms with van der Waals surface area (Å²) >= 11 is 0. The fraction of sp³-hybridized carbons (Fsp3) is 0.273. The largest absolute Gasteiger partial charge is 0.266 e. The molecule has 0 unspecified atom stereocenters. The molecule has 0 N–H and O–H groups in total. The van der Waals surface area contributed by atoms with Crippen LogP contribution in [0.5, 0.6) is 0 Å². The van der Waals surface area contributed by atoms with Crippen LogP contribution in [0.25, 0.3) is 0 Å². The van der Waals surface area contributed by atoms with Gasteiger partial charge in [0.25, 0.3) is 0 Å². The molecule has 0 spiro atoms. The minimum Gasteiger partial charge on any atom is -0.266 e. The molecule has 4 heteroatoms. The first kappa shape index (κ1) is 10.2. The van der Waals surface area contributed by atoms with Crippen molar-refractivity contribution in [2.24, 2.45) is 0 Å². The zero-order valence-electron chi connectivity index (χ0n) is 8.39. The number of nitrogens with zero attached hydrogens (tertiary/aromatic N) is 1. The molecule has 0 aromatic heterocycles. The molecule has 0 fully saturated rings. The smallest absolute Gasteiger partial charge is 0.235 e. The van der Waals surface area contributed by atoms with Gasteiger partial charge in [-0.15, -0.1) is 6.58 Å². The van der Waals surface area contributed by atoms with Crippen LogP contribution in [-0.2, 0) is 16.4 Å². The molecule has 0 saturated heterocycles. The topological polar surface area (TPSA) is 37.4 Å². The highest BCUT2D eigenvalue weighted by molar-refractivity contribution is 7.92. The Hall–Kier alpha value is -1.29. The molecule has 1 heterocycles. The minimum absolute atomic E-state index is 0.192. The summed E-state index contributed by atoms with van der Waals surface area (Å²) in [5.41, 5.74) is 1.89. The maximum absolute atomic E-state index is 11.8. The van der Waals surface area contributed by atoms with E-state index in [2.05, 4.69) is 6.58 Å². The van der Waals surface area contributed by atoms with Crippen molar-refractivity contribution in [3.63, 3.8) is 0 Å². The van der Waals surface area contributed by atoms with E-state index in [1.54, 1.807) is 6.08 Å². The maximum Gasteiger partial charge on any atom is 0.235 e. The van der Waals surface area contributed by atoms with Crippen molar-refractivity contribution in [3.8, 4) is 0 Å². The lowest BCUT2D eigenvalue weighted by atomic mass is 10.1. The van der Waals surface area contributed by atoms with Crippen molar-refractivity contribution < 1.29 is 8.42 Å². The number of rotatable bonds is 2. The molecule has 3 nitrogen and oxygen atoms in total. The van der Waals surface area contributed by atoms with Crippen LogP contribution in [-0.4, -0.2) is 20.7 Å². The number of sulfonamides is 1. The first-order valence-electron chi connectivity index (χ1n) is 4.84. The van der Waals surface area contributed by atoms with Crippen LogP contribution in [0.4, 0.5) is 5.69 Å². The van der Waals surface area contributed by atoms with Crippen LogP contribution in [0.3, 0.4) is 0 Å². The van der Waals surface area contributed by atoms with Crippen LogP contribution >= 0.6 is 0 Å². The highest BCUT2D eigenvalue weighted by atomic mass is 32.2. The molecule has 0 amide bonds. The van der Waals surface area contributed by atoms with Crippen LogP contribution < -0.4 is 4.31 Å². The monoisotopic (exact) mass is 223 g/mol. The SMILES string of the molecule is C=CCN1c2ccccc2CCS1(=O)=O. The third-order valence-electron chi connectivity index (χ3n) is 2.52. The molecule has 0 aliphatic carbocycles. The molecule has 1 aliphatic rings. The summed E-state index contributed by atoms with van der Waals surface area (Å²) in [5.74, 6) is 0.192. The Balaban J connectivity index is 2.52. The van der Waals surface area contributed by atoms with E-state index in [-0.39, 0.29) is 5.75 Å². The quantitative estimate of drug-likeness (QED) is 0.714. The number of benzene rings is 1. The molecule has 0 atom stereocenters. The van der Waals surface area contributed by atoms with E-state index in [9.17, 15) is 8.42 Å². The fourth-order valence-corrected chi connectivity index (χ4v) is 3.30. The Morgan fingerprint density at radius 3 is 2.87 bits per heavy atom. The predicted molar refractivity (Wildman–Crippen MR) is 61.5 cm³/mol. The lowest BCUT2D eigenvalue weighted by Gasteiger charge is -2.29. The van der Waals surface area contributed by atoms with E-state index >= 15 is 0 Å². The number of hydrogen-bond donors (Lipinski definition) is 0. The fourth-order valence-electron chi connectivity index (χ4n) is 1.79. The Morgan fingerprint density at radius 1 is 1.40 bits per heavy atom. The Kier molecular flexibility index (Phi) is 2.52. The summed E-state index contributed by atoms with van der Waals surface area (Å²) in [4.78, 5) is 0. The van der Waals surface area contributed by atoms with Gasteiger partial charge in [0, 0.05) is 0 Å². The molecule has 15 heavy (non-hydrogen) atoms. The average molecular weight is 223 g/mol.